The van der Waals surface area contributed by atoms with Crippen molar-refractivity contribution in [1.82, 2.24) is 29.5 Å². The predicted molar refractivity (Wildman–Crippen MR) is 132 cm³/mol. The summed E-state index contributed by atoms with van der Waals surface area (Å²) in [5, 5.41) is 23.5. The van der Waals surface area contributed by atoms with Crippen molar-refractivity contribution < 1.29 is 9.72 Å². The van der Waals surface area contributed by atoms with Crippen LogP contribution in [-0.2, 0) is 0 Å². The minimum atomic E-state index is -0.792. The van der Waals surface area contributed by atoms with Gasteiger partial charge >= 0.3 is 0 Å². The molecule has 2 N–H and O–H groups in total. The van der Waals surface area contributed by atoms with Crippen LogP contribution in [0.5, 0.6) is 0 Å². The largest absolute Gasteiger partial charge is 0.306 e. The normalized spacial score (nSPS) is 11.1. The van der Waals surface area contributed by atoms with E-state index in [1.807, 2.05) is 0 Å². The van der Waals surface area contributed by atoms with Crippen molar-refractivity contribution in [2.75, 3.05) is 5.32 Å². The van der Waals surface area contributed by atoms with Gasteiger partial charge in [0.25, 0.3) is 17.2 Å². The Kier molecular flexibility index (Phi) is 5.74. The second kappa shape index (κ2) is 8.91. The van der Waals surface area contributed by atoms with E-state index in [-0.39, 0.29) is 33.4 Å². The third-order valence-corrected chi connectivity index (χ3v) is 5.66. The van der Waals surface area contributed by atoms with Gasteiger partial charge in [0.15, 0.2) is 5.65 Å². The minimum Gasteiger partial charge on any atom is -0.306 e. The van der Waals surface area contributed by atoms with Crippen LogP contribution < -0.4 is 10.9 Å². The average Bonchev–Trinajstić information content (AvgIpc) is 3.43. The number of nitrogens with zero attached hydrogens (tertiary/aromatic N) is 6. The first-order valence-corrected chi connectivity index (χ1v) is 11.0. The van der Waals surface area contributed by atoms with Gasteiger partial charge in [-0.25, -0.2) is 4.68 Å². The SMILES string of the molecule is Cc1cc(NC(=O)c2cc(Cl)ccc2[N+](=O)[O-])n(-c2nc3c(cnn3-c3ccc(Cl)cc3)c(=O)[nH]2)n1. The number of nitro benzene ring substituents is 1. The van der Waals surface area contributed by atoms with Gasteiger partial charge in [0.1, 0.15) is 16.8 Å². The van der Waals surface area contributed by atoms with Crippen molar-refractivity contribution in [3.8, 4) is 11.6 Å². The van der Waals surface area contributed by atoms with E-state index in [0.29, 0.717) is 16.4 Å². The molecule has 14 heteroatoms. The molecule has 5 rings (SSSR count). The fourth-order valence-corrected chi connectivity index (χ4v) is 3.86. The van der Waals surface area contributed by atoms with E-state index in [2.05, 4.69) is 25.5 Å². The molecule has 0 aliphatic heterocycles. The van der Waals surface area contributed by atoms with Gasteiger partial charge in [0.2, 0.25) is 5.95 Å². The van der Waals surface area contributed by atoms with Crippen LogP contribution in [0.25, 0.3) is 22.7 Å². The molecule has 3 aromatic heterocycles. The summed E-state index contributed by atoms with van der Waals surface area (Å²) in [6, 6.07) is 12.0. The van der Waals surface area contributed by atoms with Gasteiger partial charge in [-0.3, -0.25) is 24.7 Å². The third kappa shape index (κ3) is 4.19. The van der Waals surface area contributed by atoms with Crippen molar-refractivity contribution in [3.63, 3.8) is 0 Å². The number of hydrogen-bond donors (Lipinski definition) is 2. The highest BCUT2D eigenvalue weighted by molar-refractivity contribution is 6.31. The lowest BCUT2D eigenvalue weighted by atomic mass is 10.1. The molecule has 180 valence electrons. The summed E-state index contributed by atoms with van der Waals surface area (Å²) in [6.45, 7) is 1.67. The van der Waals surface area contributed by atoms with Crippen LogP contribution in [0, 0.1) is 17.0 Å². The van der Waals surface area contributed by atoms with Gasteiger partial charge in [-0.05, 0) is 43.3 Å². The molecule has 0 radical (unpaired) electrons. The molecule has 5 aromatic rings. The number of H-pyrrole nitrogens is 1. The van der Waals surface area contributed by atoms with Gasteiger partial charge in [0.05, 0.1) is 22.5 Å². The average molecular weight is 525 g/mol. The maximum absolute atomic E-state index is 13.0. The smallest absolute Gasteiger partial charge is 0.282 e. The van der Waals surface area contributed by atoms with Crippen LogP contribution in [0.2, 0.25) is 10.0 Å². The highest BCUT2D eigenvalue weighted by atomic mass is 35.5. The lowest BCUT2D eigenvalue weighted by molar-refractivity contribution is -0.385. The number of nitrogens with one attached hydrogen (secondary N) is 2. The maximum atomic E-state index is 13.0. The second-order valence-corrected chi connectivity index (χ2v) is 8.49. The Morgan fingerprint density at radius 3 is 2.53 bits per heavy atom. The Bertz CT molecular complexity index is 1720. The summed E-state index contributed by atoms with van der Waals surface area (Å²) in [5.41, 5.74) is 0.213. The number of aromatic nitrogens is 6. The van der Waals surface area contributed by atoms with E-state index in [9.17, 15) is 19.7 Å². The van der Waals surface area contributed by atoms with Crippen LogP contribution >= 0.6 is 23.2 Å². The number of anilines is 1. The van der Waals surface area contributed by atoms with Crippen molar-refractivity contribution in [1.29, 1.82) is 0 Å². The zero-order valence-electron chi connectivity index (χ0n) is 18.3. The van der Waals surface area contributed by atoms with E-state index in [4.69, 9.17) is 23.2 Å². The zero-order valence-corrected chi connectivity index (χ0v) is 19.8. The monoisotopic (exact) mass is 524 g/mol. The van der Waals surface area contributed by atoms with Crippen molar-refractivity contribution in [2.24, 2.45) is 0 Å². The van der Waals surface area contributed by atoms with Gasteiger partial charge in [-0.1, -0.05) is 23.2 Å². The number of benzene rings is 2. The number of halogens is 2. The first-order valence-electron chi connectivity index (χ1n) is 10.3. The number of nitro groups is 1. The molecular formula is C22H14Cl2N8O4. The molecular weight excluding hydrogens is 511 g/mol. The number of amides is 1. The summed E-state index contributed by atoms with van der Waals surface area (Å²) in [4.78, 5) is 43.6. The quantitative estimate of drug-likeness (QED) is 0.259. The zero-order chi connectivity index (χ0) is 25.6. The summed E-state index contributed by atoms with van der Waals surface area (Å²) in [6.07, 6.45) is 1.38. The first-order chi connectivity index (χ1) is 17.2. The number of aryl methyl sites for hydroxylation is 1. The molecule has 0 atom stereocenters. The lowest BCUT2D eigenvalue weighted by Gasteiger charge is -2.09. The number of aromatic amines is 1. The summed E-state index contributed by atoms with van der Waals surface area (Å²) in [5.74, 6) is -0.681. The van der Waals surface area contributed by atoms with Gasteiger partial charge in [0, 0.05) is 22.2 Å². The fourth-order valence-electron chi connectivity index (χ4n) is 3.56. The van der Waals surface area contributed by atoms with Crippen LogP contribution in [-0.4, -0.2) is 40.4 Å². The maximum Gasteiger partial charge on any atom is 0.282 e. The molecule has 3 heterocycles. The van der Waals surface area contributed by atoms with Crippen molar-refractivity contribution in [3.05, 3.63) is 96.5 Å². The number of fused-ring (bicyclic) bond motifs is 1. The molecule has 0 aliphatic carbocycles. The van der Waals surface area contributed by atoms with Gasteiger partial charge in [-0.2, -0.15) is 19.9 Å². The molecule has 0 saturated carbocycles. The Balaban J connectivity index is 1.59. The Labute approximate surface area is 211 Å². The van der Waals surface area contributed by atoms with E-state index in [0.717, 1.165) is 6.07 Å². The number of rotatable bonds is 5. The molecule has 2 aromatic carbocycles. The first kappa shape index (κ1) is 23.2. The van der Waals surface area contributed by atoms with Crippen LogP contribution in [0.4, 0.5) is 11.5 Å². The second-order valence-electron chi connectivity index (χ2n) is 7.62. The van der Waals surface area contributed by atoms with Gasteiger partial charge in [-0.15, -0.1) is 0 Å². The van der Waals surface area contributed by atoms with Crippen LogP contribution in [0.15, 0.2) is 59.5 Å². The number of carbonyl (C=O) groups is 1. The molecule has 36 heavy (non-hydrogen) atoms. The topological polar surface area (TPSA) is 154 Å². The van der Waals surface area contributed by atoms with E-state index < -0.39 is 22.1 Å². The van der Waals surface area contributed by atoms with Crippen molar-refractivity contribution >= 4 is 51.6 Å². The van der Waals surface area contributed by atoms with E-state index in [1.165, 1.54) is 33.8 Å². The van der Waals surface area contributed by atoms with Crippen molar-refractivity contribution in [2.45, 2.75) is 6.92 Å². The number of hydrogen-bond acceptors (Lipinski definition) is 7. The molecule has 0 bridgehead atoms. The van der Waals surface area contributed by atoms with Crippen LogP contribution in [0.3, 0.4) is 0 Å². The molecule has 0 aliphatic rings. The molecule has 12 nitrogen and oxygen atoms in total. The summed E-state index contributed by atoms with van der Waals surface area (Å²) in [7, 11) is 0. The van der Waals surface area contributed by atoms with E-state index in [1.54, 1.807) is 31.2 Å². The fraction of sp³-hybridized carbons (Fsp3) is 0.0455. The highest BCUT2D eigenvalue weighted by Gasteiger charge is 2.23. The standard InChI is InChI=1S/C22H14Cl2N8O4/c1-11-8-18(26-20(33)15-9-13(24)4-7-17(15)32(35)36)31(29-11)22-27-19-16(21(34)28-22)10-25-30(19)14-5-2-12(23)3-6-14/h2-10H,1H3,(H,26,33)(H,27,28,34). The molecule has 0 saturated heterocycles. The number of carbonyl (C=O) groups excluding carboxylic acids is 1. The van der Waals surface area contributed by atoms with E-state index >= 15 is 0 Å². The highest BCUT2D eigenvalue weighted by Crippen LogP contribution is 2.25. The Morgan fingerprint density at radius 1 is 1.08 bits per heavy atom. The predicted octanol–water partition coefficient (Wildman–Crippen LogP) is 4.07. The summed E-state index contributed by atoms with van der Waals surface area (Å²) < 4.78 is 2.68. The van der Waals surface area contributed by atoms with Gasteiger partial charge < -0.3 is 5.32 Å². The molecule has 1 amide bonds. The van der Waals surface area contributed by atoms with Crippen LogP contribution in [0.1, 0.15) is 16.1 Å². The molecule has 0 fully saturated rings. The molecule has 0 spiro atoms. The minimum absolute atomic E-state index is 0.00722. The lowest BCUT2D eigenvalue weighted by Crippen LogP contribution is -2.19. The summed E-state index contributed by atoms with van der Waals surface area (Å²) >= 11 is 11.9. The Hall–Kier alpha value is -4.55. The molecule has 0 unspecified atom stereocenters. The Morgan fingerprint density at radius 2 is 1.81 bits per heavy atom. The third-order valence-electron chi connectivity index (χ3n) is 5.17.